The van der Waals surface area contributed by atoms with Crippen molar-refractivity contribution in [3.8, 4) is 0 Å². The molecular weight excluding hydrogens is 214 g/mol. The van der Waals surface area contributed by atoms with Gasteiger partial charge in [0.15, 0.2) is 0 Å². The van der Waals surface area contributed by atoms with Gasteiger partial charge in [-0.25, -0.2) is 0 Å². The Kier molecular flexibility index (Phi) is 3.36. The summed E-state index contributed by atoms with van der Waals surface area (Å²) in [5, 5.41) is 12.8. The lowest BCUT2D eigenvalue weighted by molar-refractivity contribution is -0.0702. The highest BCUT2D eigenvalue weighted by atomic mass is 16.5. The molecule has 0 aromatic carbocycles. The molecule has 0 radical (unpaired) electrons. The Morgan fingerprint density at radius 1 is 1.29 bits per heavy atom. The SMILES string of the molecule is CC1(C)CC(N[C@@H]2C=C[C@H](CO)C2)C(C)(C)O1. The average Bonchev–Trinajstić information content (AvgIpc) is 2.69. The summed E-state index contributed by atoms with van der Waals surface area (Å²) in [6.45, 7) is 8.86. The van der Waals surface area contributed by atoms with Gasteiger partial charge in [0.2, 0.25) is 0 Å². The molecule has 0 bridgehead atoms. The minimum atomic E-state index is -0.116. The first kappa shape index (κ1) is 13.1. The molecule has 2 aliphatic rings. The molecule has 1 unspecified atom stereocenters. The maximum absolute atomic E-state index is 9.13. The van der Waals surface area contributed by atoms with Gasteiger partial charge in [-0.1, -0.05) is 12.2 Å². The second-order valence-electron chi connectivity index (χ2n) is 6.56. The molecule has 3 nitrogen and oxygen atoms in total. The minimum Gasteiger partial charge on any atom is -0.396 e. The number of hydrogen-bond acceptors (Lipinski definition) is 3. The van der Waals surface area contributed by atoms with E-state index in [4.69, 9.17) is 9.84 Å². The zero-order valence-electron chi connectivity index (χ0n) is 11.4. The van der Waals surface area contributed by atoms with Crippen LogP contribution in [0.2, 0.25) is 0 Å². The van der Waals surface area contributed by atoms with Crippen LogP contribution in [0.25, 0.3) is 0 Å². The van der Waals surface area contributed by atoms with Crippen molar-refractivity contribution in [1.29, 1.82) is 0 Å². The van der Waals surface area contributed by atoms with Gasteiger partial charge in [0.05, 0.1) is 11.2 Å². The highest BCUT2D eigenvalue weighted by molar-refractivity contribution is 5.09. The third kappa shape index (κ3) is 2.90. The van der Waals surface area contributed by atoms with Crippen LogP contribution in [-0.2, 0) is 4.74 Å². The van der Waals surface area contributed by atoms with E-state index in [2.05, 4.69) is 45.2 Å². The Balaban J connectivity index is 1.94. The summed E-state index contributed by atoms with van der Waals surface area (Å²) in [5.41, 5.74) is -0.158. The Hall–Kier alpha value is -0.380. The van der Waals surface area contributed by atoms with E-state index in [-0.39, 0.29) is 17.8 Å². The lowest BCUT2D eigenvalue weighted by atomic mass is 9.93. The average molecular weight is 239 g/mol. The summed E-state index contributed by atoms with van der Waals surface area (Å²) in [6.07, 6.45) is 6.34. The molecule has 0 spiro atoms. The van der Waals surface area contributed by atoms with E-state index < -0.39 is 0 Å². The normalized spacial score (nSPS) is 38.8. The van der Waals surface area contributed by atoms with Crippen molar-refractivity contribution in [3.05, 3.63) is 12.2 Å². The largest absolute Gasteiger partial charge is 0.396 e. The van der Waals surface area contributed by atoms with Crippen molar-refractivity contribution < 1.29 is 9.84 Å². The Morgan fingerprint density at radius 2 is 2.00 bits per heavy atom. The van der Waals surface area contributed by atoms with Crippen LogP contribution in [-0.4, -0.2) is 35.0 Å². The van der Waals surface area contributed by atoms with Crippen LogP contribution in [0, 0.1) is 5.92 Å². The fraction of sp³-hybridized carbons (Fsp3) is 0.857. The van der Waals surface area contributed by atoms with Crippen LogP contribution in [0.4, 0.5) is 0 Å². The highest BCUT2D eigenvalue weighted by Crippen LogP contribution is 2.38. The number of nitrogens with one attached hydrogen (secondary N) is 1. The van der Waals surface area contributed by atoms with E-state index in [1.165, 1.54) is 0 Å². The smallest absolute Gasteiger partial charge is 0.0787 e. The molecule has 2 N–H and O–H groups in total. The second-order valence-corrected chi connectivity index (χ2v) is 6.56. The van der Waals surface area contributed by atoms with E-state index in [9.17, 15) is 0 Å². The van der Waals surface area contributed by atoms with Gasteiger partial charge >= 0.3 is 0 Å². The van der Waals surface area contributed by atoms with Crippen molar-refractivity contribution >= 4 is 0 Å². The first-order valence-corrected chi connectivity index (χ1v) is 6.58. The maximum atomic E-state index is 9.13. The summed E-state index contributed by atoms with van der Waals surface area (Å²) < 4.78 is 6.08. The number of rotatable bonds is 3. The molecule has 17 heavy (non-hydrogen) atoms. The quantitative estimate of drug-likeness (QED) is 0.739. The molecule has 0 amide bonds. The molecule has 0 aromatic rings. The van der Waals surface area contributed by atoms with E-state index in [1.807, 2.05) is 0 Å². The highest BCUT2D eigenvalue weighted by Gasteiger charge is 2.46. The second kappa shape index (κ2) is 4.38. The number of aliphatic hydroxyl groups is 1. The lowest BCUT2D eigenvalue weighted by Crippen LogP contribution is -2.47. The van der Waals surface area contributed by atoms with Crippen molar-refractivity contribution in [3.63, 3.8) is 0 Å². The van der Waals surface area contributed by atoms with Gasteiger partial charge in [0.1, 0.15) is 0 Å². The Morgan fingerprint density at radius 3 is 2.47 bits per heavy atom. The van der Waals surface area contributed by atoms with Crippen molar-refractivity contribution in [2.45, 2.75) is 63.8 Å². The molecule has 98 valence electrons. The molecular formula is C14H25NO2. The van der Waals surface area contributed by atoms with Crippen molar-refractivity contribution in [2.75, 3.05) is 6.61 Å². The fourth-order valence-electron chi connectivity index (χ4n) is 3.11. The molecule has 3 heteroatoms. The summed E-state index contributed by atoms with van der Waals surface area (Å²) in [5.74, 6) is 0.325. The first-order chi connectivity index (χ1) is 7.82. The molecule has 3 atom stereocenters. The summed E-state index contributed by atoms with van der Waals surface area (Å²) >= 11 is 0. The zero-order chi connectivity index (χ0) is 12.7. The molecule has 1 aliphatic carbocycles. The fourth-order valence-corrected chi connectivity index (χ4v) is 3.11. The molecule has 0 saturated carbocycles. The van der Waals surface area contributed by atoms with Gasteiger partial charge in [-0.05, 0) is 40.5 Å². The van der Waals surface area contributed by atoms with Gasteiger partial charge in [0.25, 0.3) is 0 Å². The molecule has 1 fully saturated rings. The summed E-state index contributed by atoms with van der Waals surface area (Å²) in [7, 11) is 0. The zero-order valence-corrected chi connectivity index (χ0v) is 11.4. The minimum absolute atomic E-state index is 0.0418. The first-order valence-electron chi connectivity index (χ1n) is 6.58. The lowest BCUT2D eigenvalue weighted by Gasteiger charge is -2.29. The van der Waals surface area contributed by atoms with Crippen LogP contribution in [0.3, 0.4) is 0 Å². The van der Waals surface area contributed by atoms with Gasteiger partial charge in [0, 0.05) is 24.6 Å². The monoisotopic (exact) mass is 239 g/mol. The molecule has 1 heterocycles. The number of ether oxygens (including phenoxy) is 1. The maximum Gasteiger partial charge on any atom is 0.0787 e. The third-order valence-electron chi connectivity index (χ3n) is 3.90. The molecule has 1 saturated heterocycles. The van der Waals surface area contributed by atoms with Crippen molar-refractivity contribution in [2.24, 2.45) is 5.92 Å². The van der Waals surface area contributed by atoms with E-state index >= 15 is 0 Å². The number of hydrogen-bond donors (Lipinski definition) is 2. The summed E-state index contributed by atoms with van der Waals surface area (Å²) in [4.78, 5) is 0. The van der Waals surface area contributed by atoms with E-state index in [0.29, 0.717) is 18.0 Å². The topological polar surface area (TPSA) is 41.5 Å². The van der Waals surface area contributed by atoms with Gasteiger partial charge in [-0.2, -0.15) is 0 Å². The predicted octanol–water partition coefficient (Wildman–Crippen LogP) is 1.86. The van der Waals surface area contributed by atoms with Crippen LogP contribution in [0.1, 0.15) is 40.5 Å². The van der Waals surface area contributed by atoms with Crippen LogP contribution in [0.15, 0.2) is 12.2 Å². The van der Waals surface area contributed by atoms with Crippen LogP contribution < -0.4 is 5.32 Å². The Bertz CT molecular complexity index is 309. The summed E-state index contributed by atoms with van der Waals surface area (Å²) in [6, 6.07) is 0.763. The van der Waals surface area contributed by atoms with Crippen LogP contribution in [0.5, 0.6) is 0 Å². The molecule has 0 aromatic heterocycles. The third-order valence-corrected chi connectivity index (χ3v) is 3.90. The molecule has 1 aliphatic heterocycles. The van der Waals surface area contributed by atoms with Crippen molar-refractivity contribution in [1.82, 2.24) is 5.32 Å². The number of aliphatic hydroxyl groups excluding tert-OH is 1. The Labute approximate surface area is 104 Å². The standard InChI is InChI=1S/C14H25NO2/c1-13(2)8-12(14(3,4)17-13)15-11-6-5-10(7-11)9-16/h5-6,10-12,15-16H,7-9H2,1-4H3/t10-,11+,12?/m0/s1. The van der Waals surface area contributed by atoms with E-state index in [0.717, 1.165) is 12.8 Å². The predicted molar refractivity (Wildman–Crippen MR) is 68.9 cm³/mol. The van der Waals surface area contributed by atoms with Crippen LogP contribution >= 0.6 is 0 Å². The van der Waals surface area contributed by atoms with E-state index in [1.54, 1.807) is 0 Å². The molecule has 2 rings (SSSR count). The van der Waals surface area contributed by atoms with Gasteiger partial charge in [-0.3, -0.25) is 0 Å². The van der Waals surface area contributed by atoms with Gasteiger partial charge in [-0.15, -0.1) is 0 Å². The van der Waals surface area contributed by atoms with Gasteiger partial charge < -0.3 is 15.2 Å².